The third-order valence-electron chi connectivity index (χ3n) is 4.89. The molecule has 2 aromatic carbocycles. The number of hydrogen-bond acceptors (Lipinski definition) is 1. The number of alkyl halides is 2. The Bertz CT molecular complexity index is 927. The predicted molar refractivity (Wildman–Crippen MR) is 101 cm³/mol. The highest BCUT2D eigenvalue weighted by Crippen LogP contribution is 2.26. The molecule has 0 spiro atoms. The van der Waals surface area contributed by atoms with Crippen molar-refractivity contribution in [2.24, 2.45) is 0 Å². The number of hydrogen-bond donors (Lipinski definition) is 0. The predicted octanol–water partition coefficient (Wildman–Crippen LogP) is 2.42. The van der Waals surface area contributed by atoms with Crippen LogP contribution < -0.4 is 26.3 Å². The second kappa shape index (κ2) is 9.05. The van der Waals surface area contributed by atoms with E-state index >= 15 is 0 Å². The average Bonchev–Trinajstić information content (AvgIpc) is 2.84. The first-order valence-electron chi connectivity index (χ1n) is 9.07. The van der Waals surface area contributed by atoms with E-state index in [-0.39, 0.29) is 22.7 Å². The second-order valence-corrected chi connectivity index (χ2v) is 7.08. The largest absolute Gasteiger partial charge is 1.00 e. The van der Waals surface area contributed by atoms with E-state index in [0.717, 1.165) is 42.8 Å². The van der Waals surface area contributed by atoms with Crippen LogP contribution in [0.15, 0.2) is 54.7 Å². The molecule has 28 heavy (non-hydrogen) atoms. The van der Waals surface area contributed by atoms with Crippen molar-refractivity contribution in [1.29, 1.82) is 0 Å². The molecule has 1 aromatic heterocycles. The van der Waals surface area contributed by atoms with Gasteiger partial charge in [0, 0.05) is 17.0 Å². The van der Waals surface area contributed by atoms with Crippen LogP contribution in [0.25, 0.3) is 16.9 Å². The van der Waals surface area contributed by atoms with Crippen molar-refractivity contribution in [1.82, 2.24) is 4.57 Å². The second-order valence-electron chi connectivity index (χ2n) is 6.64. The van der Waals surface area contributed by atoms with E-state index in [9.17, 15) is 8.78 Å². The Morgan fingerprint density at radius 1 is 0.964 bits per heavy atom. The van der Waals surface area contributed by atoms with Crippen LogP contribution in [0.4, 0.5) is 8.78 Å². The molecule has 3 nitrogen and oxygen atoms in total. The number of fused-ring (bicyclic) bond motifs is 1. The smallest absolute Gasteiger partial charge is 0.387 e. The molecule has 7 heteroatoms. The van der Waals surface area contributed by atoms with Crippen LogP contribution in [0.3, 0.4) is 0 Å². The molecule has 0 saturated heterocycles. The van der Waals surface area contributed by atoms with Crippen molar-refractivity contribution in [3.8, 4) is 22.7 Å². The Morgan fingerprint density at radius 2 is 1.68 bits per heavy atom. The Morgan fingerprint density at radius 3 is 2.36 bits per heavy atom. The highest BCUT2D eigenvalue weighted by atomic mass is 79.9. The molecule has 0 fully saturated rings. The molecule has 0 saturated carbocycles. The molecule has 0 radical (unpaired) electrons. The van der Waals surface area contributed by atoms with Crippen LogP contribution >= 0.6 is 11.6 Å². The molecule has 0 unspecified atom stereocenters. The summed E-state index contributed by atoms with van der Waals surface area (Å²) in [5, 5.41) is 0.712. The fourth-order valence-electron chi connectivity index (χ4n) is 3.63. The van der Waals surface area contributed by atoms with Gasteiger partial charge in [0.15, 0.2) is 5.69 Å². The summed E-state index contributed by atoms with van der Waals surface area (Å²) in [7, 11) is 0. The van der Waals surface area contributed by atoms with Crippen LogP contribution in [-0.2, 0) is 13.0 Å². The van der Waals surface area contributed by atoms with Crippen molar-refractivity contribution < 1.29 is 35.1 Å². The molecule has 2 heterocycles. The Hall–Kier alpha value is -1.92. The summed E-state index contributed by atoms with van der Waals surface area (Å²) in [4.78, 5) is 0. The number of aromatic nitrogens is 2. The fourth-order valence-corrected chi connectivity index (χ4v) is 3.76. The summed E-state index contributed by atoms with van der Waals surface area (Å²) >= 11 is 6.04. The van der Waals surface area contributed by atoms with Gasteiger partial charge < -0.3 is 21.7 Å². The molecular weight excluding hydrogens is 450 g/mol. The van der Waals surface area contributed by atoms with E-state index in [1.54, 1.807) is 12.1 Å². The lowest BCUT2D eigenvalue weighted by molar-refractivity contribution is -0.692. The number of rotatable bonds is 4. The first-order valence-corrected chi connectivity index (χ1v) is 9.45. The Kier molecular flexibility index (Phi) is 6.73. The molecule has 1 aliphatic rings. The van der Waals surface area contributed by atoms with Gasteiger partial charge in [0.25, 0.3) is 5.82 Å². The lowest BCUT2D eigenvalue weighted by atomic mass is 10.1. The molecule has 0 N–H and O–H groups in total. The maximum atomic E-state index is 12.4. The van der Waals surface area contributed by atoms with Crippen LogP contribution in [0, 0.1) is 0 Å². The van der Waals surface area contributed by atoms with E-state index in [1.165, 1.54) is 12.2 Å². The fraction of sp³-hybridized carbons (Fsp3) is 0.286. The summed E-state index contributed by atoms with van der Waals surface area (Å²) in [6, 6.07) is 14.6. The molecular formula is C21H20BrClF2N2O. The van der Waals surface area contributed by atoms with Gasteiger partial charge in [-0.25, -0.2) is 4.57 Å². The van der Waals surface area contributed by atoms with Crippen molar-refractivity contribution in [3.05, 3.63) is 65.6 Å². The van der Waals surface area contributed by atoms with Gasteiger partial charge in [-0.3, -0.25) is 0 Å². The van der Waals surface area contributed by atoms with Crippen molar-refractivity contribution in [3.63, 3.8) is 0 Å². The number of nitrogens with zero attached hydrogens (tertiary/aromatic N) is 2. The summed E-state index contributed by atoms with van der Waals surface area (Å²) in [5.74, 6) is 1.39. The number of imidazole rings is 1. The zero-order valence-corrected chi connectivity index (χ0v) is 17.5. The summed E-state index contributed by atoms with van der Waals surface area (Å²) < 4.78 is 33.8. The van der Waals surface area contributed by atoms with Crippen LogP contribution in [0.5, 0.6) is 5.75 Å². The van der Waals surface area contributed by atoms with Crippen molar-refractivity contribution in [2.75, 3.05) is 0 Å². The van der Waals surface area contributed by atoms with Gasteiger partial charge in [-0.05, 0) is 67.8 Å². The van der Waals surface area contributed by atoms with Crippen LogP contribution in [-0.4, -0.2) is 11.2 Å². The van der Waals surface area contributed by atoms with E-state index in [1.807, 2.05) is 36.4 Å². The highest BCUT2D eigenvalue weighted by Gasteiger charge is 2.26. The topological polar surface area (TPSA) is 18.0 Å². The molecule has 0 bridgehead atoms. The Labute approximate surface area is 178 Å². The summed E-state index contributed by atoms with van der Waals surface area (Å²) in [5.41, 5.74) is 3.18. The highest BCUT2D eigenvalue weighted by molar-refractivity contribution is 6.30. The van der Waals surface area contributed by atoms with Gasteiger partial charge in [0.1, 0.15) is 17.6 Å². The Balaban J connectivity index is 0.00000225. The maximum Gasteiger partial charge on any atom is 0.387 e. The third-order valence-corrected chi connectivity index (χ3v) is 5.15. The third kappa shape index (κ3) is 4.39. The molecule has 0 aliphatic carbocycles. The molecule has 1 aliphatic heterocycles. The quantitative estimate of drug-likeness (QED) is 0.537. The first-order chi connectivity index (χ1) is 13.1. The van der Waals surface area contributed by atoms with Crippen LogP contribution in [0.1, 0.15) is 25.1 Å². The zero-order chi connectivity index (χ0) is 18.8. The molecule has 4 rings (SSSR count). The lowest BCUT2D eigenvalue weighted by Gasteiger charge is -2.05. The van der Waals surface area contributed by atoms with Gasteiger partial charge in [0.2, 0.25) is 0 Å². The monoisotopic (exact) mass is 468 g/mol. The van der Waals surface area contributed by atoms with Crippen LogP contribution in [0.2, 0.25) is 5.02 Å². The minimum absolute atomic E-state index is 0. The lowest BCUT2D eigenvalue weighted by Crippen LogP contribution is -3.00. The van der Waals surface area contributed by atoms with Crippen molar-refractivity contribution in [2.45, 2.75) is 38.8 Å². The standard InChI is InChI=1S/C21H20ClF2N2O.BrH/c22-16-7-5-15(6-8-16)19-14-26(20-4-2-1-3-13-25(19)20)17-9-11-18(12-10-17)27-21(23)24;/h5-12,14,21H,1-4,13H2;1H/q+1;/p-1. The summed E-state index contributed by atoms with van der Waals surface area (Å²) in [6.07, 6.45) is 6.57. The normalized spacial score (nSPS) is 13.6. The zero-order valence-electron chi connectivity index (χ0n) is 15.1. The molecule has 0 amide bonds. The van der Waals surface area contributed by atoms with Gasteiger partial charge >= 0.3 is 6.61 Å². The summed E-state index contributed by atoms with van der Waals surface area (Å²) in [6.45, 7) is -1.85. The average molecular weight is 470 g/mol. The van der Waals surface area contributed by atoms with Gasteiger partial charge in [-0.2, -0.15) is 13.3 Å². The first kappa shape index (κ1) is 20.8. The molecule has 3 aromatic rings. The van der Waals surface area contributed by atoms with E-state index in [4.69, 9.17) is 11.6 Å². The van der Waals surface area contributed by atoms with Crippen molar-refractivity contribution >= 4 is 11.6 Å². The van der Waals surface area contributed by atoms with Gasteiger partial charge in [-0.15, -0.1) is 0 Å². The minimum atomic E-state index is -2.81. The van der Waals surface area contributed by atoms with E-state index in [0.29, 0.717) is 5.02 Å². The number of ether oxygens (including phenoxy) is 1. The molecule has 148 valence electrons. The van der Waals surface area contributed by atoms with Gasteiger partial charge in [-0.1, -0.05) is 11.6 Å². The maximum absolute atomic E-state index is 12.4. The van der Waals surface area contributed by atoms with E-state index in [2.05, 4.69) is 20.1 Å². The SMILES string of the molecule is FC(F)Oc1ccc(-n2cc(-c3ccc(Cl)cc3)[n+]3c2CCCCC3)cc1.[Br-]. The number of halogens is 4. The van der Waals surface area contributed by atoms with E-state index < -0.39 is 6.61 Å². The van der Waals surface area contributed by atoms with Gasteiger partial charge in [0.05, 0.1) is 6.54 Å². The molecule has 0 atom stereocenters. The number of benzene rings is 2. The minimum Gasteiger partial charge on any atom is -1.00 e.